The third-order valence-electron chi connectivity index (χ3n) is 4.62. The van der Waals surface area contributed by atoms with Gasteiger partial charge < -0.3 is 5.32 Å². The van der Waals surface area contributed by atoms with Crippen molar-refractivity contribution in [2.24, 2.45) is 7.05 Å². The van der Waals surface area contributed by atoms with Crippen LogP contribution >= 0.6 is 0 Å². The Morgan fingerprint density at radius 3 is 2.58 bits per heavy atom. The Morgan fingerprint density at radius 1 is 1.25 bits per heavy atom. The number of hydrogen-bond donors (Lipinski definition) is 1. The number of nitrogens with one attached hydrogen (secondary N) is 1. The van der Waals surface area contributed by atoms with Crippen LogP contribution in [0.5, 0.6) is 0 Å². The van der Waals surface area contributed by atoms with Crippen LogP contribution in [-0.2, 0) is 23.6 Å². The number of hydrogen-bond acceptors (Lipinski definition) is 4. The van der Waals surface area contributed by atoms with Gasteiger partial charge in [-0.1, -0.05) is 24.3 Å². The molecule has 2 aromatic rings. The Bertz CT molecular complexity index is 792. The van der Waals surface area contributed by atoms with Crippen LogP contribution < -0.4 is 5.32 Å². The Hall–Kier alpha value is -1.70. The molecule has 130 valence electrons. The minimum absolute atomic E-state index is 0.274. The maximum absolute atomic E-state index is 12.6. The van der Waals surface area contributed by atoms with Gasteiger partial charge in [0.1, 0.15) is 4.90 Å². The molecule has 1 aromatic heterocycles. The molecule has 0 unspecified atom stereocenters. The molecule has 0 bridgehead atoms. The van der Waals surface area contributed by atoms with E-state index >= 15 is 0 Å². The first-order chi connectivity index (χ1) is 11.5. The molecule has 1 aliphatic rings. The third kappa shape index (κ3) is 3.68. The van der Waals surface area contributed by atoms with Crippen LogP contribution in [0.3, 0.4) is 0 Å². The zero-order valence-corrected chi connectivity index (χ0v) is 15.0. The Labute approximate surface area is 143 Å². The minimum atomic E-state index is -3.42. The van der Waals surface area contributed by atoms with E-state index in [4.69, 9.17) is 0 Å². The van der Waals surface area contributed by atoms with Gasteiger partial charge >= 0.3 is 0 Å². The molecule has 3 rings (SSSR count). The molecule has 0 amide bonds. The second-order valence-corrected chi connectivity index (χ2v) is 8.27. The normalized spacial score (nSPS) is 17.2. The van der Waals surface area contributed by atoms with Gasteiger partial charge in [-0.15, -0.1) is 0 Å². The van der Waals surface area contributed by atoms with Crippen molar-refractivity contribution >= 4 is 10.0 Å². The van der Waals surface area contributed by atoms with Gasteiger partial charge in [0.05, 0.1) is 6.20 Å². The molecule has 1 saturated heterocycles. The molecule has 1 aliphatic heterocycles. The van der Waals surface area contributed by atoms with E-state index in [1.165, 1.54) is 22.0 Å². The second-order valence-electron chi connectivity index (χ2n) is 6.34. The van der Waals surface area contributed by atoms with E-state index in [0.717, 1.165) is 19.4 Å². The molecule has 1 aromatic carbocycles. The first-order valence-corrected chi connectivity index (χ1v) is 9.67. The van der Waals surface area contributed by atoms with Crippen molar-refractivity contribution in [3.8, 4) is 0 Å². The standard InChI is InChI=1S/C17H24N4O2S/c1-14-5-3-4-6-15(14)11-18-16-7-9-21(10-8-16)24(22,23)17-12-19-20(2)13-17/h3-6,12-13,16,18H,7-11H2,1-2H3. The van der Waals surface area contributed by atoms with E-state index in [-0.39, 0.29) is 4.90 Å². The van der Waals surface area contributed by atoms with E-state index < -0.39 is 10.0 Å². The SMILES string of the molecule is Cc1ccccc1CNC1CCN(S(=O)(=O)c2cnn(C)c2)CC1. The fourth-order valence-corrected chi connectivity index (χ4v) is 4.50. The lowest BCUT2D eigenvalue weighted by atomic mass is 10.0. The van der Waals surface area contributed by atoms with Crippen LogP contribution in [0.15, 0.2) is 41.6 Å². The molecule has 2 heterocycles. The van der Waals surface area contributed by atoms with Gasteiger partial charge in [0, 0.05) is 38.9 Å². The molecule has 1 fully saturated rings. The molecular weight excluding hydrogens is 324 g/mol. The number of aromatic nitrogens is 2. The zero-order chi connectivity index (χ0) is 17.2. The largest absolute Gasteiger partial charge is 0.310 e. The van der Waals surface area contributed by atoms with E-state index in [2.05, 4.69) is 29.5 Å². The third-order valence-corrected chi connectivity index (χ3v) is 6.47. The monoisotopic (exact) mass is 348 g/mol. The van der Waals surface area contributed by atoms with Crippen molar-refractivity contribution in [2.45, 2.75) is 37.2 Å². The number of benzene rings is 1. The van der Waals surface area contributed by atoms with Crippen molar-refractivity contribution in [3.05, 3.63) is 47.8 Å². The number of piperidine rings is 1. The van der Waals surface area contributed by atoms with Gasteiger partial charge in [0.15, 0.2) is 0 Å². The molecule has 24 heavy (non-hydrogen) atoms. The van der Waals surface area contributed by atoms with Crippen LogP contribution in [0.4, 0.5) is 0 Å². The number of sulfonamides is 1. The Morgan fingerprint density at radius 2 is 1.96 bits per heavy atom. The number of rotatable bonds is 5. The summed E-state index contributed by atoms with van der Waals surface area (Å²) in [5.41, 5.74) is 2.57. The van der Waals surface area contributed by atoms with Crippen LogP contribution in [0, 0.1) is 6.92 Å². The van der Waals surface area contributed by atoms with Gasteiger partial charge in [0.25, 0.3) is 0 Å². The lowest BCUT2D eigenvalue weighted by molar-refractivity contribution is 0.288. The molecule has 1 N–H and O–H groups in total. The van der Waals surface area contributed by atoms with Gasteiger partial charge in [0.2, 0.25) is 10.0 Å². The molecule has 6 nitrogen and oxygen atoms in total. The quantitative estimate of drug-likeness (QED) is 0.893. The minimum Gasteiger partial charge on any atom is -0.310 e. The van der Waals surface area contributed by atoms with E-state index in [9.17, 15) is 8.42 Å². The Balaban J connectivity index is 1.55. The van der Waals surface area contributed by atoms with Crippen LogP contribution in [0.25, 0.3) is 0 Å². The summed E-state index contributed by atoms with van der Waals surface area (Å²) in [5.74, 6) is 0. The lowest BCUT2D eigenvalue weighted by Gasteiger charge is -2.31. The van der Waals surface area contributed by atoms with Gasteiger partial charge in [-0.05, 0) is 30.9 Å². The van der Waals surface area contributed by atoms with E-state index in [1.54, 1.807) is 17.5 Å². The highest BCUT2D eigenvalue weighted by Crippen LogP contribution is 2.20. The molecule has 7 heteroatoms. The lowest BCUT2D eigenvalue weighted by Crippen LogP contribution is -2.44. The average molecular weight is 348 g/mol. The molecule has 0 atom stereocenters. The van der Waals surface area contributed by atoms with E-state index in [1.807, 2.05) is 12.1 Å². The summed E-state index contributed by atoms with van der Waals surface area (Å²) in [6, 6.07) is 8.68. The highest BCUT2D eigenvalue weighted by atomic mass is 32.2. The van der Waals surface area contributed by atoms with Crippen LogP contribution in [0.2, 0.25) is 0 Å². The van der Waals surface area contributed by atoms with Crippen molar-refractivity contribution in [1.29, 1.82) is 0 Å². The van der Waals surface area contributed by atoms with Gasteiger partial charge in [-0.2, -0.15) is 9.40 Å². The molecule has 0 radical (unpaired) electrons. The highest BCUT2D eigenvalue weighted by Gasteiger charge is 2.30. The van der Waals surface area contributed by atoms with Crippen molar-refractivity contribution < 1.29 is 8.42 Å². The summed E-state index contributed by atoms with van der Waals surface area (Å²) in [4.78, 5) is 0.274. The first kappa shape index (κ1) is 17.1. The Kier molecular flexibility index (Phi) is 5.03. The predicted octanol–water partition coefficient (Wildman–Crippen LogP) is 1.67. The smallest absolute Gasteiger partial charge is 0.246 e. The maximum atomic E-state index is 12.6. The summed E-state index contributed by atoms with van der Waals surface area (Å²) < 4.78 is 28.2. The van der Waals surface area contributed by atoms with Crippen LogP contribution in [0.1, 0.15) is 24.0 Å². The summed E-state index contributed by atoms with van der Waals surface area (Å²) in [7, 11) is -1.69. The number of nitrogens with zero attached hydrogens (tertiary/aromatic N) is 3. The average Bonchev–Trinajstić information content (AvgIpc) is 3.02. The highest BCUT2D eigenvalue weighted by molar-refractivity contribution is 7.89. The fourth-order valence-electron chi connectivity index (χ4n) is 3.04. The fraction of sp³-hybridized carbons (Fsp3) is 0.471. The molecular formula is C17H24N4O2S. The first-order valence-electron chi connectivity index (χ1n) is 8.23. The second kappa shape index (κ2) is 7.04. The predicted molar refractivity (Wildman–Crippen MR) is 93.0 cm³/mol. The van der Waals surface area contributed by atoms with Crippen LogP contribution in [-0.4, -0.2) is 41.6 Å². The summed E-state index contributed by atoms with van der Waals surface area (Å²) in [6.45, 7) is 4.03. The van der Waals surface area contributed by atoms with Gasteiger partial charge in [-0.3, -0.25) is 4.68 Å². The van der Waals surface area contributed by atoms with E-state index in [0.29, 0.717) is 19.1 Å². The summed E-state index contributed by atoms with van der Waals surface area (Å²) >= 11 is 0. The van der Waals surface area contributed by atoms with Crippen molar-refractivity contribution in [3.63, 3.8) is 0 Å². The van der Waals surface area contributed by atoms with Gasteiger partial charge in [-0.25, -0.2) is 8.42 Å². The molecule has 0 saturated carbocycles. The molecule has 0 aliphatic carbocycles. The van der Waals surface area contributed by atoms with Crippen molar-refractivity contribution in [2.75, 3.05) is 13.1 Å². The maximum Gasteiger partial charge on any atom is 0.246 e. The zero-order valence-electron chi connectivity index (χ0n) is 14.1. The number of aryl methyl sites for hydroxylation is 2. The summed E-state index contributed by atoms with van der Waals surface area (Å²) in [6.07, 6.45) is 4.62. The van der Waals surface area contributed by atoms with Crippen molar-refractivity contribution in [1.82, 2.24) is 19.4 Å². The molecule has 0 spiro atoms. The topological polar surface area (TPSA) is 67.2 Å². The summed E-state index contributed by atoms with van der Waals surface area (Å²) in [5, 5.41) is 7.52.